The number of nitrogens with zero attached hydrogens (tertiary/aromatic N) is 3. The number of pyridine rings is 1. The molecule has 0 saturated carbocycles. The number of hydrogen-bond acceptors (Lipinski definition) is 4. The van der Waals surface area contributed by atoms with Crippen LogP contribution < -0.4 is 5.32 Å². The third kappa shape index (κ3) is 3.76. The molecule has 1 aliphatic rings. The van der Waals surface area contributed by atoms with Crippen LogP contribution in [-0.2, 0) is 13.0 Å². The summed E-state index contributed by atoms with van der Waals surface area (Å²) in [5.74, 6) is 3.51. The maximum atomic E-state index is 4.60. The molecular formula is C15H20N4S. The van der Waals surface area contributed by atoms with Crippen molar-refractivity contribution in [2.24, 2.45) is 0 Å². The molecule has 1 saturated heterocycles. The van der Waals surface area contributed by atoms with Crippen LogP contribution in [0.25, 0.3) is 0 Å². The summed E-state index contributed by atoms with van der Waals surface area (Å²) in [6.45, 7) is 0.908. The van der Waals surface area contributed by atoms with Crippen molar-refractivity contribution < 1.29 is 0 Å². The predicted octanol–water partition coefficient (Wildman–Crippen LogP) is 2.83. The van der Waals surface area contributed by atoms with Crippen LogP contribution in [-0.4, -0.2) is 32.3 Å². The van der Waals surface area contributed by atoms with Crippen molar-refractivity contribution in [3.05, 3.63) is 42.4 Å². The van der Waals surface area contributed by atoms with Gasteiger partial charge in [-0.1, -0.05) is 0 Å². The van der Waals surface area contributed by atoms with Crippen molar-refractivity contribution in [1.29, 1.82) is 0 Å². The first-order chi connectivity index (χ1) is 9.90. The molecule has 0 aliphatic carbocycles. The zero-order valence-corrected chi connectivity index (χ0v) is 12.4. The zero-order valence-electron chi connectivity index (χ0n) is 11.5. The van der Waals surface area contributed by atoms with Gasteiger partial charge in [0.15, 0.2) is 0 Å². The van der Waals surface area contributed by atoms with Gasteiger partial charge in [-0.05, 0) is 42.7 Å². The van der Waals surface area contributed by atoms with Crippen molar-refractivity contribution in [3.63, 3.8) is 0 Å². The third-order valence-electron chi connectivity index (χ3n) is 3.53. The lowest BCUT2D eigenvalue weighted by Crippen LogP contribution is -2.26. The summed E-state index contributed by atoms with van der Waals surface area (Å²) in [5.41, 5.74) is 1.30. The largest absolute Gasteiger partial charge is 0.365 e. The number of rotatable bonds is 5. The van der Waals surface area contributed by atoms with Crippen LogP contribution >= 0.6 is 11.8 Å². The normalized spacial score (nSPS) is 18.9. The minimum Gasteiger partial charge on any atom is -0.365 e. The fourth-order valence-corrected chi connectivity index (χ4v) is 3.49. The van der Waals surface area contributed by atoms with Crippen LogP contribution in [0.5, 0.6) is 0 Å². The molecule has 2 aromatic heterocycles. The van der Waals surface area contributed by atoms with Gasteiger partial charge in [0.25, 0.3) is 0 Å². The molecule has 0 bridgehead atoms. The van der Waals surface area contributed by atoms with Crippen LogP contribution in [0.15, 0.2) is 36.8 Å². The number of hydrogen-bond donors (Lipinski definition) is 1. The first-order valence-electron chi connectivity index (χ1n) is 7.17. The van der Waals surface area contributed by atoms with Gasteiger partial charge in [-0.15, -0.1) is 0 Å². The van der Waals surface area contributed by atoms with Crippen LogP contribution in [0.2, 0.25) is 0 Å². The molecule has 1 aliphatic heterocycles. The van der Waals surface area contributed by atoms with E-state index < -0.39 is 0 Å². The fraction of sp³-hybridized carbons (Fsp3) is 0.467. The second-order valence-corrected chi connectivity index (χ2v) is 6.28. The molecule has 4 nitrogen and oxygen atoms in total. The first kappa shape index (κ1) is 13.5. The van der Waals surface area contributed by atoms with E-state index in [2.05, 4.69) is 39.8 Å². The van der Waals surface area contributed by atoms with Crippen molar-refractivity contribution >= 4 is 17.6 Å². The van der Waals surface area contributed by atoms with Gasteiger partial charge < -0.3 is 5.32 Å². The Labute approximate surface area is 124 Å². The Morgan fingerprint density at radius 2 is 2.20 bits per heavy atom. The van der Waals surface area contributed by atoms with Crippen molar-refractivity contribution in [1.82, 2.24) is 14.8 Å². The van der Waals surface area contributed by atoms with Crippen molar-refractivity contribution in [2.45, 2.75) is 31.8 Å². The molecular weight excluding hydrogens is 268 g/mol. The Balaban J connectivity index is 1.51. The Morgan fingerprint density at radius 1 is 1.30 bits per heavy atom. The third-order valence-corrected chi connectivity index (χ3v) is 4.75. The molecule has 5 heteroatoms. The van der Waals surface area contributed by atoms with Crippen LogP contribution in [0, 0.1) is 0 Å². The summed E-state index contributed by atoms with van der Waals surface area (Å²) < 4.78 is 2.01. The van der Waals surface area contributed by atoms with Crippen LogP contribution in [0.4, 0.5) is 5.82 Å². The predicted molar refractivity (Wildman–Crippen MR) is 84.1 cm³/mol. The number of anilines is 1. The lowest BCUT2D eigenvalue weighted by atomic mass is 10.2. The number of aromatic nitrogens is 3. The molecule has 0 amide bonds. The maximum Gasteiger partial charge on any atom is 0.148 e. The van der Waals surface area contributed by atoms with E-state index in [1.165, 1.54) is 29.9 Å². The Kier molecular flexibility index (Phi) is 4.58. The van der Waals surface area contributed by atoms with E-state index in [4.69, 9.17) is 0 Å². The summed E-state index contributed by atoms with van der Waals surface area (Å²) in [7, 11) is 0. The monoisotopic (exact) mass is 288 g/mol. The number of thioether (sulfide) groups is 1. The standard InChI is InChI=1S/C15H20N4S/c1-2-14(12-20-11-1)17-15-6-10-19(18-15)9-5-13-3-7-16-8-4-13/h3-4,6-8,10,14H,1-2,5,9,11-12H2,(H,17,18)/t14-/m0/s1. The highest BCUT2D eigenvalue weighted by atomic mass is 32.2. The van der Waals surface area contributed by atoms with Gasteiger partial charge in [-0.2, -0.15) is 16.9 Å². The fourth-order valence-electron chi connectivity index (χ4n) is 2.42. The highest BCUT2D eigenvalue weighted by molar-refractivity contribution is 7.99. The zero-order chi connectivity index (χ0) is 13.6. The second kappa shape index (κ2) is 6.79. The SMILES string of the molecule is c1cc(CCn2ccc(N[C@H]3CCCSC3)n2)ccn1. The summed E-state index contributed by atoms with van der Waals surface area (Å²) in [6.07, 6.45) is 9.29. The molecule has 106 valence electrons. The second-order valence-electron chi connectivity index (χ2n) is 5.13. The van der Waals surface area contributed by atoms with Gasteiger partial charge in [0.1, 0.15) is 5.82 Å². The van der Waals surface area contributed by atoms with E-state index in [9.17, 15) is 0 Å². The Morgan fingerprint density at radius 3 is 3.00 bits per heavy atom. The molecule has 20 heavy (non-hydrogen) atoms. The molecule has 1 N–H and O–H groups in total. The molecule has 0 radical (unpaired) electrons. The minimum absolute atomic E-state index is 0.581. The topological polar surface area (TPSA) is 42.7 Å². The van der Waals surface area contributed by atoms with Crippen LogP contribution in [0.3, 0.4) is 0 Å². The first-order valence-corrected chi connectivity index (χ1v) is 8.32. The van der Waals surface area contributed by atoms with E-state index in [0.29, 0.717) is 6.04 Å². The van der Waals surface area contributed by atoms with E-state index >= 15 is 0 Å². The number of aryl methyl sites for hydroxylation is 2. The maximum absolute atomic E-state index is 4.60. The van der Waals surface area contributed by atoms with Gasteiger partial charge >= 0.3 is 0 Å². The number of nitrogens with one attached hydrogen (secondary N) is 1. The van der Waals surface area contributed by atoms with Gasteiger partial charge in [0.2, 0.25) is 0 Å². The van der Waals surface area contributed by atoms with Gasteiger partial charge in [-0.3, -0.25) is 9.67 Å². The molecule has 3 rings (SSSR count). The smallest absolute Gasteiger partial charge is 0.148 e. The Bertz CT molecular complexity index is 520. The minimum atomic E-state index is 0.581. The summed E-state index contributed by atoms with van der Waals surface area (Å²) in [6, 6.07) is 6.77. The van der Waals surface area contributed by atoms with Gasteiger partial charge in [0, 0.05) is 43.0 Å². The van der Waals surface area contributed by atoms with E-state index in [1.54, 1.807) is 0 Å². The van der Waals surface area contributed by atoms with Gasteiger partial charge in [0.05, 0.1) is 0 Å². The molecule has 0 unspecified atom stereocenters. The van der Waals surface area contributed by atoms with Crippen molar-refractivity contribution in [3.8, 4) is 0 Å². The molecule has 3 heterocycles. The van der Waals surface area contributed by atoms with Crippen molar-refractivity contribution in [2.75, 3.05) is 16.8 Å². The molecule has 0 spiro atoms. The molecule has 0 aromatic carbocycles. The van der Waals surface area contributed by atoms with Gasteiger partial charge in [-0.25, -0.2) is 0 Å². The average molecular weight is 288 g/mol. The highest BCUT2D eigenvalue weighted by Crippen LogP contribution is 2.20. The molecule has 1 atom stereocenters. The summed E-state index contributed by atoms with van der Waals surface area (Å²) in [4.78, 5) is 4.04. The van der Waals surface area contributed by atoms with E-state index in [1.807, 2.05) is 28.8 Å². The lowest BCUT2D eigenvalue weighted by molar-refractivity contribution is 0.611. The average Bonchev–Trinajstić information content (AvgIpc) is 2.95. The molecule has 2 aromatic rings. The highest BCUT2D eigenvalue weighted by Gasteiger charge is 2.14. The quantitative estimate of drug-likeness (QED) is 0.918. The van der Waals surface area contributed by atoms with E-state index in [-0.39, 0.29) is 0 Å². The van der Waals surface area contributed by atoms with E-state index in [0.717, 1.165) is 18.8 Å². The van der Waals surface area contributed by atoms with Crippen LogP contribution in [0.1, 0.15) is 18.4 Å². The summed E-state index contributed by atoms with van der Waals surface area (Å²) in [5, 5.41) is 8.14. The lowest BCUT2D eigenvalue weighted by Gasteiger charge is -2.22. The summed E-state index contributed by atoms with van der Waals surface area (Å²) >= 11 is 2.03. The Hall–Kier alpha value is -1.49. The molecule has 1 fully saturated rings.